The summed E-state index contributed by atoms with van der Waals surface area (Å²) in [5.74, 6) is 0.523. The van der Waals surface area contributed by atoms with Gasteiger partial charge in [0, 0.05) is 6.07 Å². The van der Waals surface area contributed by atoms with E-state index in [0.717, 1.165) is 11.3 Å². The van der Waals surface area contributed by atoms with Crippen molar-refractivity contribution in [3.63, 3.8) is 0 Å². The summed E-state index contributed by atoms with van der Waals surface area (Å²) in [5, 5.41) is 13.9. The number of methoxy groups -OCH3 is 1. The van der Waals surface area contributed by atoms with Gasteiger partial charge in [0.05, 0.1) is 18.5 Å². The van der Waals surface area contributed by atoms with E-state index in [2.05, 4.69) is 10.5 Å². The van der Waals surface area contributed by atoms with E-state index in [9.17, 15) is 5.11 Å². The Bertz CT molecular complexity index is 580. The van der Waals surface area contributed by atoms with Crippen molar-refractivity contribution >= 4 is 11.4 Å². The van der Waals surface area contributed by atoms with Crippen LogP contribution in [0.3, 0.4) is 0 Å². The molecule has 0 heterocycles. The number of anilines is 1. The zero-order valence-corrected chi connectivity index (χ0v) is 10.9. The van der Waals surface area contributed by atoms with Crippen LogP contribution in [0.5, 0.6) is 11.5 Å². The molecular formula is C15H16N2O2. The first-order valence-corrected chi connectivity index (χ1v) is 5.93. The van der Waals surface area contributed by atoms with Crippen LogP contribution in [0.1, 0.15) is 12.5 Å². The molecule has 2 rings (SSSR count). The van der Waals surface area contributed by atoms with Crippen LogP contribution in [0.25, 0.3) is 0 Å². The lowest BCUT2D eigenvalue weighted by atomic mass is 10.1. The maximum atomic E-state index is 9.66. The minimum atomic E-state index is 0.0834. The van der Waals surface area contributed by atoms with Gasteiger partial charge in [-0.25, -0.2) is 0 Å². The number of nitrogens with zero attached hydrogens (tertiary/aromatic N) is 1. The monoisotopic (exact) mass is 256 g/mol. The Kier molecular flexibility index (Phi) is 4.03. The fourth-order valence-electron chi connectivity index (χ4n) is 1.65. The minimum Gasteiger partial charge on any atom is -0.504 e. The summed E-state index contributed by atoms with van der Waals surface area (Å²) in [6.07, 6.45) is 0. The first kappa shape index (κ1) is 13.0. The van der Waals surface area contributed by atoms with Crippen LogP contribution in [-0.2, 0) is 0 Å². The molecule has 0 aliphatic carbocycles. The molecule has 0 fully saturated rings. The number of ether oxygens (including phenoxy) is 1. The van der Waals surface area contributed by atoms with Crippen molar-refractivity contribution < 1.29 is 9.84 Å². The quantitative estimate of drug-likeness (QED) is 0.652. The average Bonchev–Trinajstić information content (AvgIpc) is 2.46. The van der Waals surface area contributed by atoms with E-state index < -0.39 is 0 Å². The molecule has 0 spiro atoms. The van der Waals surface area contributed by atoms with Crippen molar-refractivity contribution in [1.82, 2.24) is 0 Å². The molecule has 0 aliphatic heterocycles. The third kappa shape index (κ3) is 3.25. The number of phenolic OH excluding ortho intramolecular Hbond substituents is 1. The van der Waals surface area contributed by atoms with Gasteiger partial charge in [-0.2, -0.15) is 5.10 Å². The molecule has 2 aromatic carbocycles. The SMILES string of the molecule is COc1ccc(NN=C(C)c2ccccc2)cc1O. The first-order valence-electron chi connectivity index (χ1n) is 5.93. The molecule has 19 heavy (non-hydrogen) atoms. The number of benzene rings is 2. The topological polar surface area (TPSA) is 53.8 Å². The Morgan fingerprint density at radius 3 is 2.53 bits per heavy atom. The van der Waals surface area contributed by atoms with E-state index in [0.29, 0.717) is 11.4 Å². The van der Waals surface area contributed by atoms with Crippen molar-refractivity contribution in [2.45, 2.75) is 6.92 Å². The molecule has 0 radical (unpaired) electrons. The lowest BCUT2D eigenvalue weighted by Crippen LogP contribution is -1.99. The standard InChI is InChI=1S/C15H16N2O2/c1-11(12-6-4-3-5-7-12)16-17-13-8-9-15(19-2)14(18)10-13/h3-10,17-18H,1-2H3. The zero-order valence-electron chi connectivity index (χ0n) is 10.9. The van der Waals surface area contributed by atoms with Crippen molar-refractivity contribution in [2.24, 2.45) is 5.10 Å². The van der Waals surface area contributed by atoms with E-state index in [-0.39, 0.29) is 5.75 Å². The van der Waals surface area contributed by atoms with Gasteiger partial charge in [-0.1, -0.05) is 30.3 Å². The lowest BCUT2D eigenvalue weighted by Gasteiger charge is -2.06. The molecule has 2 aromatic rings. The average molecular weight is 256 g/mol. The fourth-order valence-corrected chi connectivity index (χ4v) is 1.65. The van der Waals surface area contributed by atoms with E-state index in [4.69, 9.17) is 4.74 Å². The molecule has 0 aromatic heterocycles. The largest absolute Gasteiger partial charge is 0.504 e. The van der Waals surface area contributed by atoms with E-state index in [1.807, 2.05) is 37.3 Å². The van der Waals surface area contributed by atoms with Crippen LogP contribution in [0.2, 0.25) is 0 Å². The molecule has 2 N–H and O–H groups in total. The van der Waals surface area contributed by atoms with Gasteiger partial charge < -0.3 is 9.84 Å². The third-order valence-corrected chi connectivity index (χ3v) is 2.72. The second-order valence-corrected chi connectivity index (χ2v) is 4.06. The van der Waals surface area contributed by atoms with Crippen molar-refractivity contribution in [3.8, 4) is 11.5 Å². The van der Waals surface area contributed by atoms with Gasteiger partial charge in [0.25, 0.3) is 0 Å². The van der Waals surface area contributed by atoms with Gasteiger partial charge in [-0.05, 0) is 24.6 Å². The summed E-state index contributed by atoms with van der Waals surface area (Å²) in [5.41, 5.74) is 5.53. The van der Waals surface area contributed by atoms with Crippen LogP contribution in [-0.4, -0.2) is 17.9 Å². The third-order valence-electron chi connectivity index (χ3n) is 2.72. The molecule has 4 nitrogen and oxygen atoms in total. The highest BCUT2D eigenvalue weighted by molar-refractivity contribution is 5.99. The molecule has 0 saturated heterocycles. The molecular weight excluding hydrogens is 240 g/mol. The Hall–Kier alpha value is -2.49. The predicted molar refractivity (Wildman–Crippen MR) is 76.9 cm³/mol. The molecule has 98 valence electrons. The van der Waals surface area contributed by atoms with Crippen LogP contribution < -0.4 is 10.2 Å². The molecule has 0 aliphatic rings. The molecule has 0 atom stereocenters. The highest BCUT2D eigenvalue weighted by Gasteiger charge is 2.02. The highest BCUT2D eigenvalue weighted by Crippen LogP contribution is 2.28. The van der Waals surface area contributed by atoms with Crippen LogP contribution >= 0.6 is 0 Å². The van der Waals surface area contributed by atoms with Crippen molar-refractivity contribution in [2.75, 3.05) is 12.5 Å². The van der Waals surface area contributed by atoms with Gasteiger partial charge >= 0.3 is 0 Å². The van der Waals surface area contributed by atoms with E-state index in [1.54, 1.807) is 18.2 Å². The molecule has 4 heteroatoms. The normalized spacial score (nSPS) is 11.2. The van der Waals surface area contributed by atoms with Crippen LogP contribution in [0.15, 0.2) is 53.6 Å². The molecule has 0 saturated carbocycles. The second-order valence-electron chi connectivity index (χ2n) is 4.06. The molecule has 0 bridgehead atoms. The number of hydrazone groups is 1. The summed E-state index contributed by atoms with van der Waals surface area (Å²) >= 11 is 0. The Morgan fingerprint density at radius 2 is 1.89 bits per heavy atom. The Balaban J connectivity index is 2.12. The summed E-state index contributed by atoms with van der Waals surface area (Å²) in [4.78, 5) is 0. The molecule has 0 unspecified atom stereocenters. The fraction of sp³-hybridized carbons (Fsp3) is 0.133. The summed E-state index contributed by atoms with van der Waals surface area (Å²) < 4.78 is 4.98. The van der Waals surface area contributed by atoms with Gasteiger partial charge in [0.1, 0.15) is 0 Å². The number of nitrogens with one attached hydrogen (secondary N) is 1. The van der Waals surface area contributed by atoms with Gasteiger partial charge in [0.2, 0.25) is 0 Å². The zero-order chi connectivity index (χ0) is 13.7. The predicted octanol–water partition coefficient (Wildman–Crippen LogP) is 3.24. The van der Waals surface area contributed by atoms with Crippen LogP contribution in [0, 0.1) is 0 Å². The van der Waals surface area contributed by atoms with E-state index in [1.165, 1.54) is 7.11 Å². The number of phenols is 1. The number of hydrogen-bond donors (Lipinski definition) is 2. The lowest BCUT2D eigenvalue weighted by molar-refractivity contribution is 0.373. The highest BCUT2D eigenvalue weighted by atomic mass is 16.5. The maximum absolute atomic E-state index is 9.66. The van der Waals surface area contributed by atoms with Crippen molar-refractivity contribution in [1.29, 1.82) is 0 Å². The Labute approximate surface area is 112 Å². The smallest absolute Gasteiger partial charge is 0.160 e. The van der Waals surface area contributed by atoms with Gasteiger partial charge in [-0.15, -0.1) is 0 Å². The van der Waals surface area contributed by atoms with E-state index >= 15 is 0 Å². The van der Waals surface area contributed by atoms with Gasteiger partial charge in [0.15, 0.2) is 11.5 Å². The van der Waals surface area contributed by atoms with Gasteiger partial charge in [-0.3, -0.25) is 5.43 Å². The molecule has 0 amide bonds. The van der Waals surface area contributed by atoms with Crippen molar-refractivity contribution in [3.05, 3.63) is 54.1 Å². The first-order chi connectivity index (χ1) is 9.20. The minimum absolute atomic E-state index is 0.0834. The number of rotatable bonds is 4. The summed E-state index contributed by atoms with van der Waals surface area (Å²) in [6.45, 7) is 1.92. The second kappa shape index (κ2) is 5.91. The Morgan fingerprint density at radius 1 is 1.16 bits per heavy atom. The number of hydrogen-bond acceptors (Lipinski definition) is 4. The summed E-state index contributed by atoms with van der Waals surface area (Å²) in [7, 11) is 1.51. The summed E-state index contributed by atoms with van der Waals surface area (Å²) in [6, 6.07) is 14.9. The maximum Gasteiger partial charge on any atom is 0.160 e. The van der Waals surface area contributed by atoms with Crippen LogP contribution in [0.4, 0.5) is 5.69 Å². The number of aromatic hydroxyl groups is 1.